The molecule has 3 rings (SSSR count). The van der Waals surface area contributed by atoms with Crippen LogP contribution in [0.4, 0.5) is 0 Å². The molecule has 2 aromatic carbocycles. The van der Waals surface area contributed by atoms with Crippen LogP contribution in [0.3, 0.4) is 0 Å². The van der Waals surface area contributed by atoms with Gasteiger partial charge in [-0.25, -0.2) is 4.98 Å². The molecule has 3 aromatic rings. The van der Waals surface area contributed by atoms with Crippen LogP contribution in [0.5, 0.6) is 5.75 Å². The van der Waals surface area contributed by atoms with Gasteiger partial charge in [-0.1, -0.05) is 52.5 Å². The molecule has 1 aromatic heterocycles. The van der Waals surface area contributed by atoms with Crippen molar-refractivity contribution in [1.82, 2.24) is 9.55 Å². The van der Waals surface area contributed by atoms with Gasteiger partial charge in [-0.3, -0.25) is 0 Å². The predicted octanol–water partition coefficient (Wildman–Crippen LogP) is 6.89. The first-order valence-corrected chi connectivity index (χ1v) is 10.1. The fourth-order valence-electron chi connectivity index (χ4n) is 2.81. The van der Waals surface area contributed by atoms with E-state index in [0.717, 1.165) is 5.56 Å². The van der Waals surface area contributed by atoms with Crippen LogP contribution < -0.4 is 4.74 Å². The van der Waals surface area contributed by atoms with Crippen LogP contribution in [0.1, 0.15) is 24.6 Å². The molecular weight excluding hydrogens is 442 g/mol. The Bertz CT molecular complexity index is 919. The molecule has 0 saturated heterocycles. The fourth-order valence-corrected chi connectivity index (χ4v) is 3.79. The number of imidazole rings is 1. The molecule has 148 valence electrons. The lowest BCUT2D eigenvalue weighted by molar-refractivity contribution is 0.00480. The van der Waals surface area contributed by atoms with Crippen molar-refractivity contribution in [3.05, 3.63) is 80.8 Å². The minimum absolute atomic E-state index is 0.0414. The second-order valence-electron chi connectivity index (χ2n) is 6.13. The highest BCUT2D eigenvalue weighted by Crippen LogP contribution is 2.35. The molecule has 0 N–H and O–H groups in total. The lowest BCUT2D eigenvalue weighted by Crippen LogP contribution is -2.20. The maximum Gasteiger partial charge on any atom is 0.138 e. The molecule has 28 heavy (non-hydrogen) atoms. The maximum atomic E-state index is 6.42. The Kier molecular flexibility index (Phi) is 7.49. The van der Waals surface area contributed by atoms with Crippen LogP contribution in [-0.2, 0) is 4.74 Å². The Balaban J connectivity index is 1.70. The fraction of sp³-hybridized carbons (Fsp3) is 0.250. The first-order chi connectivity index (χ1) is 13.5. The van der Waals surface area contributed by atoms with E-state index in [0.29, 0.717) is 39.1 Å². The van der Waals surface area contributed by atoms with Crippen LogP contribution >= 0.6 is 46.4 Å². The minimum Gasteiger partial charge on any atom is -0.490 e. The van der Waals surface area contributed by atoms with Crippen molar-refractivity contribution in [2.45, 2.75) is 19.1 Å². The second-order valence-corrected chi connectivity index (χ2v) is 7.82. The third-order valence-electron chi connectivity index (χ3n) is 4.23. The number of hydrogen-bond acceptors (Lipinski definition) is 3. The third-order valence-corrected chi connectivity index (χ3v) is 5.33. The molecule has 4 nitrogen and oxygen atoms in total. The van der Waals surface area contributed by atoms with Gasteiger partial charge in [0.15, 0.2) is 0 Å². The summed E-state index contributed by atoms with van der Waals surface area (Å²) in [7, 11) is 0. The monoisotopic (exact) mass is 458 g/mol. The number of aromatic nitrogens is 2. The molecule has 0 amide bonds. The van der Waals surface area contributed by atoms with E-state index in [2.05, 4.69) is 4.98 Å². The van der Waals surface area contributed by atoms with Gasteiger partial charge < -0.3 is 14.0 Å². The summed E-state index contributed by atoms with van der Waals surface area (Å²) < 4.78 is 13.8. The van der Waals surface area contributed by atoms with E-state index in [1.54, 1.807) is 42.9 Å². The van der Waals surface area contributed by atoms with Crippen molar-refractivity contribution in [3.63, 3.8) is 0 Å². The second kappa shape index (κ2) is 9.86. The van der Waals surface area contributed by atoms with Crippen molar-refractivity contribution in [2.24, 2.45) is 0 Å². The van der Waals surface area contributed by atoms with Crippen LogP contribution in [0.15, 0.2) is 55.1 Å². The molecule has 0 spiro atoms. The van der Waals surface area contributed by atoms with Gasteiger partial charge in [0.2, 0.25) is 0 Å². The quantitative estimate of drug-likeness (QED) is 0.344. The van der Waals surface area contributed by atoms with Crippen LogP contribution in [-0.4, -0.2) is 22.8 Å². The molecule has 0 aliphatic carbocycles. The average molecular weight is 460 g/mol. The molecular formula is C20H18Cl4N2O2. The minimum atomic E-state index is -0.316. The Morgan fingerprint density at radius 2 is 1.68 bits per heavy atom. The molecule has 0 fully saturated rings. The molecule has 0 aliphatic rings. The number of hydrogen-bond donors (Lipinski definition) is 0. The first kappa shape index (κ1) is 21.3. The Morgan fingerprint density at radius 1 is 0.964 bits per heavy atom. The number of benzene rings is 2. The third kappa shape index (κ3) is 5.34. The zero-order chi connectivity index (χ0) is 20.1. The van der Waals surface area contributed by atoms with E-state index in [1.807, 2.05) is 23.8 Å². The van der Waals surface area contributed by atoms with Crippen LogP contribution in [0, 0.1) is 0 Å². The largest absolute Gasteiger partial charge is 0.490 e. The lowest BCUT2D eigenvalue weighted by atomic mass is 10.0. The molecule has 0 aliphatic heterocycles. The van der Waals surface area contributed by atoms with Crippen molar-refractivity contribution in [1.29, 1.82) is 0 Å². The van der Waals surface area contributed by atoms with Gasteiger partial charge in [-0.15, -0.1) is 0 Å². The zero-order valence-electron chi connectivity index (χ0n) is 15.0. The van der Waals surface area contributed by atoms with Gasteiger partial charge in [0.25, 0.3) is 0 Å². The van der Waals surface area contributed by atoms with Gasteiger partial charge in [0, 0.05) is 33.0 Å². The van der Waals surface area contributed by atoms with Gasteiger partial charge in [0.1, 0.15) is 18.5 Å². The summed E-state index contributed by atoms with van der Waals surface area (Å²) in [4.78, 5) is 4.11. The van der Waals surface area contributed by atoms with Crippen LogP contribution in [0.25, 0.3) is 0 Å². The first-order valence-electron chi connectivity index (χ1n) is 8.57. The highest BCUT2D eigenvalue weighted by molar-refractivity contribution is 6.35. The molecule has 0 radical (unpaired) electrons. The Hall–Kier alpha value is -1.43. The summed E-state index contributed by atoms with van der Waals surface area (Å²) in [6.07, 6.45) is 5.04. The smallest absolute Gasteiger partial charge is 0.138 e. The standard InChI is InChI=1S/C20H18Cl4N2O2/c1-13(26-7-6-25-12-26)20(16-4-2-14(21)10-17(16)23)28-9-8-27-19-5-3-15(22)11-18(19)24/h2-7,10-13,20H,8-9H2,1H3. The maximum absolute atomic E-state index is 6.42. The highest BCUT2D eigenvalue weighted by Gasteiger charge is 2.24. The van der Waals surface area contributed by atoms with E-state index in [-0.39, 0.29) is 12.1 Å². The summed E-state index contributed by atoms with van der Waals surface area (Å²) >= 11 is 24.5. The Labute approximate surface area is 183 Å². The molecule has 2 unspecified atom stereocenters. The molecule has 2 atom stereocenters. The van der Waals surface area contributed by atoms with Crippen molar-refractivity contribution in [3.8, 4) is 5.75 Å². The van der Waals surface area contributed by atoms with Crippen LogP contribution in [0.2, 0.25) is 20.1 Å². The number of halogens is 4. The van der Waals surface area contributed by atoms with Crippen molar-refractivity contribution in [2.75, 3.05) is 13.2 Å². The SMILES string of the molecule is CC(C(OCCOc1ccc(Cl)cc1Cl)c1ccc(Cl)cc1Cl)n1ccnc1. The Morgan fingerprint density at radius 3 is 2.32 bits per heavy atom. The summed E-state index contributed by atoms with van der Waals surface area (Å²) in [5.41, 5.74) is 0.844. The normalized spacial score (nSPS) is 13.3. The van der Waals surface area contributed by atoms with Crippen molar-refractivity contribution >= 4 is 46.4 Å². The number of nitrogens with zero attached hydrogens (tertiary/aromatic N) is 2. The summed E-state index contributed by atoms with van der Waals surface area (Å²) in [6.45, 7) is 2.69. The zero-order valence-corrected chi connectivity index (χ0v) is 18.0. The van der Waals surface area contributed by atoms with E-state index < -0.39 is 0 Å². The molecule has 0 bridgehead atoms. The van der Waals surface area contributed by atoms with Gasteiger partial charge in [0.05, 0.1) is 24.0 Å². The summed E-state index contributed by atoms with van der Waals surface area (Å²) in [6, 6.07) is 10.4. The lowest BCUT2D eigenvalue weighted by Gasteiger charge is -2.27. The van der Waals surface area contributed by atoms with Crippen molar-refractivity contribution < 1.29 is 9.47 Å². The molecule has 8 heteroatoms. The van der Waals surface area contributed by atoms with E-state index in [9.17, 15) is 0 Å². The van der Waals surface area contributed by atoms with Gasteiger partial charge in [-0.05, 0) is 37.3 Å². The van der Waals surface area contributed by atoms with E-state index in [1.165, 1.54) is 0 Å². The van der Waals surface area contributed by atoms with Gasteiger partial charge >= 0.3 is 0 Å². The summed E-state index contributed by atoms with van der Waals surface area (Å²) in [5, 5.41) is 2.13. The predicted molar refractivity (Wildman–Crippen MR) is 114 cm³/mol. The van der Waals surface area contributed by atoms with E-state index >= 15 is 0 Å². The topological polar surface area (TPSA) is 36.3 Å². The van der Waals surface area contributed by atoms with E-state index in [4.69, 9.17) is 55.9 Å². The highest BCUT2D eigenvalue weighted by atomic mass is 35.5. The number of rotatable bonds is 8. The molecule has 1 heterocycles. The molecule has 0 saturated carbocycles. The summed E-state index contributed by atoms with van der Waals surface area (Å²) in [5.74, 6) is 0.554. The average Bonchev–Trinajstić information content (AvgIpc) is 3.18. The van der Waals surface area contributed by atoms with Gasteiger partial charge in [-0.2, -0.15) is 0 Å². The number of ether oxygens (including phenoxy) is 2.